The number of nitrogens with one attached hydrogen (secondary N) is 2. The second-order valence-electron chi connectivity index (χ2n) is 3.68. The summed E-state index contributed by atoms with van der Waals surface area (Å²) in [5.41, 5.74) is 15.1. The third kappa shape index (κ3) is 6.39. The summed E-state index contributed by atoms with van der Waals surface area (Å²) in [6.07, 6.45) is 5.63. The molecule has 1 rings (SSSR count). The fraction of sp³-hybridized carbons (Fsp3) is 0.900. The van der Waals surface area contributed by atoms with E-state index in [1.807, 2.05) is 0 Å². The van der Waals surface area contributed by atoms with Gasteiger partial charge in [-0.2, -0.15) is 12.1 Å². The molecule has 2 nitrogen and oxygen atoms in total. The Morgan fingerprint density at radius 2 is 1.79 bits per heavy atom. The molecule has 2 N–H and O–H groups in total. The van der Waals surface area contributed by atoms with Crippen molar-refractivity contribution in [2.45, 2.75) is 51.1 Å². The fourth-order valence-corrected chi connectivity index (χ4v) is 1.93. The second-order valence-corrected chi connectivity index (χ2v) is 3.68. The Labute approximate surface area is 104 Å². The van der Waals surface area contributed by atoms with Gasteiger partial charge in [-0.1, -0.05) is 39.0 Å². The predicted molar refractivity (Wildman–Crippen MR) is 60.7 cm³/mol. The third-order valence-corrected chi connectivity index (χ3v) is 2.66. The van der Waals surface area contributed by atoms with Crippen molar-refractivity contribution in [1.82, 2.24) is 0 Å². The van der Waals surface area contributed by atoms with Gasteiger partial charge in [0.2, 0.25) is 0 Å². The maximum absolute atomic E-state index is 7.60. The molecule has 0 aromatic carbocycles. The van der Waals surface area contributed by atoms with Crippen LogP contribution in [0.1, 0.15) is 39.0 Å². The van der Waals surface area contributed by atoms with E-state index in [4.69, 9.17) is 11.5 Å². The number of halogens is 1. The zero-order valence-corrected chi connectivity index (χ0v) is 12.0. The topological polar surface area (TPSA) is 47.6 Å². The van der Waals surface area contributed by atoms with Gasteiger partial charge in [-0.05, 0) is 5.92 Å². The molecule has 91 valence electrons. The first-order valence-corrected chi connectivity index (χ1v) is 7.59. The SMILES string of the molecule is CCCC1CCC([NH-])C([NH-])C1.[CH3-].[Cl][Pt]. The van der Waals surface area contributed by atoms with Crippen LogP contribution in [0.3, 0.4) is 0 Å². The molecular formula is C10H21ClN2Pt-3. The minimum atomic E-state index is -0.0969. The summed E-state index contributed by atoms with van der Waals surface area (Å²) < 4.78 is 0. The normalized spacial score (nSPS) is 31.1. The molecule has 0 spiro atoms. The van der Waals surface area contributed by atoms with Crippen molar-refractivity contribution in [3.8, 4) is 0 Å². The number of rotatable bonds is 2. The molecule has 1 saturated carbocycles. The molecule has 14 heavy (non-hydrogen) atoms. The standard InChI is InChI=1S/C9H18N2.CH3.ClH.Pt/c1-2-3-7-4-5-8(10)9(11)6-7;;;/h7-11H,2-6H2,1H3;1H3;1H;/q-2;-1;;+1/p-1. The van der Waals surface area contributed by atoms with Crippen LogP contribution in [-0.2, 0) is 18.8 Å². The quantitative estimate of drug-likeness (QED) is 0.611. The summed E-state index contributed by atoms with van der Waals surface area (Å²) in [6.45, 7) is 2.20. The molecule has 1 aliphatic rings. The maximum atomic E-state index is 7.60. The van der Waals surface area contributed by atoms with Gasteiger partial charge in [0, 0.05) is 0 Å². The van der Waals surface area contributed by atoms with Crippen molar-refractivity contribution in [3.63, 3.8) is 0 Å². The van der Waals surface area contributed by atoms with E-state index in [-0.39, 0.29) is 19.5 Å². The van der Waals surface area contributed by atoms with E-state index in [9.17, 15) is 0 Å². The van der Waals surface area contributed by atoms with Gasteiger partial charge in [0.15, 0.2) is 0 Å². The molecule has 0 heterocycles. The minimum absolute atomic E-state index is 0. The van der Waals surface area contributed by atoms with Gasteiger partial charge in [-0.25, -0.2) is 0 Å². The summed E-state index contributed by atoms with van der Waals surface area (Å²) >= 11 is 1.61. The Morgan fingerprint density at radius 1 is 1.21 bits per heavy atom. The van der Waals surface area contributed by atoms with Crippen molar-refractivity contribution in [1.29, 1.82) is 0 Å². The molecule has 3 atom stereocenters. The van der Waals surface area contributed by atoms with E-state index >= 15 is 0 Å². The van der Waals surface area contributed by atoms with Crippen LogP contribution in [0.4, 0.5) is 0 Å². The van der Waals surface area contributed by atoms with E-state index < -0.39 is 0 Å². The Balaban J connectivity index is 0. The van der Waals surface area contributed by atoms with Crippen molar-refractivity contribution in [2.75, 3.05) is 0 Å². The van der Waals surface area contributed by atoms with Crippen molar-refractivity contribution < 1.29 is 18.8 Å². The Bertz CT molecular complexity index is 125. The van der Waals surface area contributed by atoms with Crippen LogP contribution in [-0.4, -0.2) is 12.1 Å². The van der Waals surface area contributed by atoms with Gasteiger partial charge in [-0.3, -0.25) is 0 Å². The predicted octanol–water partition coefficient (Wildman–Crippen LogP) is 4.57. The van der Waals surface area contributed by atoms with Crippen LogP contribution in [0.25, 0.3) is 11.5 Å². The van der Waals surface area contributed by atoms with Gasteiger partial charge >= 0.3 is 28.2 Å². The summed E-state index contributed by atoms with van der Waals surface area (Å²) in [4.78, 5) is 0. The number of hydrogen-bond donors (Lipinski definition) is 0. The van der Waals surface area contributed by atoms with Crippen molar-refractivity contribution in [2.24, 2.45) is 5.92 Å². The Kier molecular flexibility index (Phi) is 12.9. The van der Waals surface area contributed by atoms with E-state index in [1.165, 1.54) is 19.3 Å². The molecule has 0 aromatic rings. The van der Waals surface area contributed by atoms with Crippen LogP contribution in [0.15, 0.2) is 0 Å². The first kappa shape index (κ1) is 17.3. The van der Waals surface area contributed by atoms with E-state index in [2.05, 4.69) is 16.3 Å². The molecule has 0 amide bonds. The molecule has 4 heteroatoms. The average Bonchev–Trinajstić information content (AvgIpc) is 2.15. The van der Waals surface area contributed by atoms with E-state index in [0.717, 1.165) is 18.8 Å². The van der Waals surface area contributed by atoms with Crippen molar-refractivity contribution in [3.05, 3.63) is 18.9 Å². The summed E-state index contributed by atoms with van der Waals surface area (Å²) in [5, 5.41) is 0. The third-order valence-electron chi connectivity index (χ3n) is 2.66. The van der Waals surface area contributed by atoms with Crippen LogP contribution in [0.5, 0.6) is 0 Å². The van der Waals surface area contributed by atoms with Gasteiger partial charge in [0.05, 0.1) is 0 Å². The molecule has 3 unspecified atom stereocenters. The number of hydrogen-bond acceptors (Lipinski definition) is 0. The Hall–Kier alpha value is 0.898. The molecule has 0 radical (unpaired) electrons. The average molecular weight is 400 g/mol. The molecule has 0 saturated heterocycles. The summed E-state index contributed by atoms with van der Waals surface area (Å²) in [6, 6.07) is -0.191. The molecule has 0 aliphatic heterocycles. The second kappa shape index (κ2) is 10.4. The molecule has 1 fully saturated rings. The van der Waals surface area contributed by atoms with Crippen LogP contribution in [0, 0.1) is 13.3 Å². The van der Waals surface area contributed by atoms with Gasteiger partial charge in [-0.15, -0.1) is 0 Å². The molecule has 0 aromatic heterocycles. The van der Waals surface area contributed by atoms with Crippen LogP contribution < -0.4 is 0 Å². The molecule has 0 bridgehead atoms. The van der Waals surface area contributed by atoms with Gasteiger partial charge < -0.3 is 18.9 Å². The van der Waals surface area contributed by atoms with E-state index in [1.54, 1.807) is 18.8 Å². The van der Waals surface area contributed by atoms with Crippen LogP contribution >= 0.6 is 9.42 Å². The molecule has 1 aliphatic carbocycles. The molecular weight excluding hydrogens is 379 g/mol. The zero-order valence-electron chi connectivity index (χ0n) is 8.96. The first-order valence-electron chi connectivity index (χ1n) is 4.78. The zero-order chi connectivity index (χ0) is 10.3. The Morgan fingerprint density at radius 3 is 2.21 bits per heavy atom. The first-order chi connectivity index (χ1) is 6.24. The monoisotopic (exact) mass is 399 g/mol. The summed E-state index contributed by atoms with van der Waals surface area (Å²) in [7, 11) is 4.61. The summed E-state index contributed by atoms with van der Waals surface area (Å²) in [5.74, 6) is 0.754. The van der Waals surface area contributed by atoms with Gasteiger partial charge in [0.25, 0.3) is 0 Å². The van der Waals surface area contributed by atoms with Gasteiger partial charge in [0.1, 0.15) is 0 Å². The van der Waals surface area contributed by atoms with E-state index in [0.29, 0.717) is 0 Å². The fourth-order valence-electron chi connectivity index (χ4n) is 1.93. The van der Waals surface area contributed by atoms with Crippen molar-refractivity contribution >= 4 is 9.42 Å². The van der Waals surface area contributed by atoms with Crippen LogP contribution in [0.2, 0.25) is 0 Å².